The first kappa shape index (κ1) is 37.0. The number of carbonyl (C=O) groups is 3. The molecule has 11 nitrogen and oxygen atoms in total. The average Bonchev–Trinajstić information content (AvgIpc) is 3.58. The molecule has 1 aliphatic heterocycles. The fraction of sp³-hybridized carbons (Fsp3) is 0.378. The van der Waals surface area contributed by atoms with Gasteiger partial charge in [-0.3, -0.25) is 14.4 Å². The van der Waals surface area contributed by atoms with Crippen LogP contribution in [-0.2, 0) is 16.0 Å². The number of aromatic amines is 1. The van der Waals surface area contributed by atoms with Gasteiger partial charge in [0.15, 0.2) is 5.82 Å². The zero-order valence-corrected chi connectivity index (χ0v) is 29.7. The molecule has 2 fully saturated rings. The van der Waals surface area contributed by atoms with Gasteiger partial charge in [-0.2, -0.15) is 10.1 Å². The van der Waals surface area contributed by atoms with Gasteiger partial charge in [0.25, 0.3) is 5.91 Å². The van der Waals surface area contributed by atoms with Gasteiger partial charge in [-0.05, 0) is 110 Å². The van der Waals surface area contributed by atoms with Crippen molar-refractivity contribution in [1.82, 2.24) is 30.3 Å². The number of halogens is 2. The fourth-order valence-electron chi connectivity index (χ4n) is 6.60. The van der Waals surface area contributed by atoms with Gasteiger partial charge in [-0.15, -0.1) is 12.4 Å². The molecule has 0 radical (unpaired) electrons. The van der Waals surface area contributed by atoms with E-state index in [1.165, 1.54) is 0 Å². The highest BCUT2D eigenvalue weighted by molar-refractivity contribution is 6.28. The third-order valence-electron chi connectivity index (χ3n) is 9.65. The molecular formula is C37H44Cl2N8O3. The van der Waals surface area contributed by atoms with Gasteiger partial charge in [-0.25, -0.2) is 5.10 Å². The smallest absolute Gasteiger partial charge is 0.253 e. The lowest BCUT2D eigenvalue weighted by atomic mass is 9.81. The van der Waals surface area contributed by atoms with Crippen LogP contribution in [0.3, 0.4) is 0 Å². The number of nitrogens with zero attached hydrogens (tertiary/aromatic N) is 4. The zero-order valence-electron chi connectivity index (χ0n) is 28.1. The second-order valence-corrected chi connectivity index (χ2v) is 13.5. The lowest BCUT2D eigenvalue weighted by Gasteiger charge is -2.32. The van der Waals surface area contributed by atoms with Gasteiger partial charge < -0.3 is 26.2 Å². The predicted octanol–water partition coefficient (Wildman–Crippen LogP) is 5.03. The highest BCUT2D eigenvalue weighted by Crippen LogP contribution is 2.29. The van der Waals surface area contributed by atoms with Crippen LogP contribution in [0.1, 0.15) is 41.6 Å². The number of hydrogen-bond donors (Lipinski definition) is 4. The molecule has 4 aromatic rings. The maximum absolute atomic E-state index is 13.8. The highest BCUT2D eigenvalue weighted by Gasteiger charge is 2.29. The number of hydrogen-bond acceptors (Lipinski definition) is 7. The van der Waals surface area contributed by atoms with Crippen LogP contribution in [0.4, 0.5) is 5.69 Å². The largest absolute Gasteiger partial charge is 0.344 e. The van der Waals surface area contributed by atoms with E-state index < -0.39 is 6.04 Å². The minimum absolute atomic E-state index is 0. The lowest BCUT2D eigenvalue weighted by Crippen LogP contribution is -2.48. The third kappa shape index (κ3) is 9.28. The molecule has 1 saturated carbocycles. The summed E-state index contributed by atoms with van der Waals surface area (Å²) in [5, 5.41) is 12.9. The van der Waals surface area contributed by atoms with E-state index in [2.05, 4.69) is 37.8 Å². The number of carbonyl (C=O) groups excluding carboxylic acids is 3. The number of nitrogens with two attached hydrogens (primary N) is 1. The molecule has 0 bridgehead atoms. The number of likely N-dealkylation sites (N-methyl/N-ethyl adjacent to an activating group) is 1. The van der Waals surface area contributed by atoms with E-state index >= 15 is 0 Å². The van der Waals surface area contributed by atoms with E-state index in [-0.39, 0.29) is 47.8 Å². The van der Waals surface area contributed by atoms with E-state index in [9.17, 15) is 14.4 Å². The first-order chi connectivity index (χ1) is 23.7. The van der Waals surface area contributed by atoms with Crippen LogP contribution >= 0.6 is 24.0 Å². The summed E-state index contributed by atoms with van der Waals surface area (Å²) in [6.07, 6.45) is 3.62. The number of anilines is 1. The molecule has 1 saturated heterocycles. The van der Waals surface area contributed by atoms with E-state index in [0.29, 0.717) is 42.6 Å². The summed E-state index contributed by atoms with van der Waals surface area (Å²) in [6.45, 7) is 3.76. The molecule has 50 heavy (non-hydrogen) atoms. The third-order valence-corrected chi connectivity index (χ3v) is 9.82. The van der Waals surface area contributed by atoms with E-state index in [4.69, 9.17) is 17.3 Å². The second-order valence-electron chi connectivity index (χ2n) is 13.1. The van der Waals surface area contributed by atoms with Crippen molar-refractivity contribution >= 4 is 47.4 Å². The molecule has 2 aliphatic rings. The van der Waals surface area contributed by atoms with Gasteiger partial charge in [-0.1, -0.05) is 36.4 Å². The Hall–Kier alpha value is -4.29. The van der Waals surface area contributed by atoms with Crippen molar-refractivity contribution in [2.45, 2.75) is 38.1 Å². The quantitative estimate of drug-likeness (QED) is 0.180. The fourth-order valence-corrected chi connectivity index (χ4v) is 6.72. The summed E-state index contributed by atoms with van der Waals surface area (Å²) >= 11 is 5.88. The van der Waals surface area contributed by atoms with Crippen LogP contribution in [0.15, 0.2) is 72.8 Å². The van der Waals surface area contributed by atoms with Gasteiger partial charge in [0.1, 0.15) is 6.04 Å². The van der Waals surface area contributed by atoms with Gasteiger partial charge >= 0.3 is 0 Å². The Labute approximate surface area is 303 Å². The Bertz CT molecular complexity index is 1770. The first-order valence-corrected chi connectivity index (χ1v) is 17.3. The molecule has 13 heteroatoms. The molecule has 2 heterocycles. The van der Waals surface area contributed by atoms with Crippen LogP contribution in [0.5, 0.6) is 0 Å². The van der Waals surface area contributed by atoms with Gasteiger partial charge in [0.05, 0.1) is 0 Å². The average molecular weight is 720 g/mol. The predicted molar refractivity (Wildman–Crippen MR) is 198 cm³/mol. The maximum atomic E-state index is 13.8. The molecular weight excluding hydrogens is 675 g/mol. The number of H-pyrrole nitrogens is 1. The van der Waals surface area contributed by atoms with Crippen LogP contribution in [-0.4, -0.2) is 88.5 Å². The highest BCUT2D eigenvalue weighted by atomic mass is 35.5. The zero-order chi connectivity index (χ0) is 34.3. The Morgan fingerprint density at radius 2 is 1.60 bits per heavy atom. The van der Waals surface area contributed by atoms with Crippen LogP contribution in [0.2, 0.25) is 5.28 Å². The minimum Gasteiger partial charge on any atom is -0.344 e. The summed E-state index contributed by atoms with van der Waals surface area (Å²) in [7, 11) is 2.07. The summed E-state index contributed by atoms with van der Waals surface area (Å²) in [4.78, 5) is 48.9. The Balaban J connectivity index is 0.00000486. The molecule has 0 spiro atoms. The van der Waals surface area contributed by atoms with E-state index in [1.807, 2.05) is 53.4 Å². The molecule has 3 aromatic carbocycles. The van der Waals surface area contributed by atoms with Crippen molar-refractivity contribution in [3.63, 3.8) is 0 Å². The number of amides is 3. The van der Waals surface area contributed by atoms with Crippen LogP contribution in [0.25, 0.3) is 22.5 Å². The lowest BCUT2D eigenvalue weighted by molar-refractivity contribution is -0.130. The number of piperazine rings is 1. The topological polar surface area (TPSA) is 149 Å². The molecule has 5 N–H and O–H groups in total. The SMILES string of the molecule is CN1CCN(C(=O)c2cccc(-c3cccc(C[C@H](NC(=O)C4CCC(CN)CC4)C(=O)Nc4ccc(-c5n[nH]c(Cl)n5)cc4)c3)c2)CC1.Cl. The van der Waals surface area contributed by atoms with Crippen molar-refractivity contribution < 1.29 is 14.4 Å². The van der Waals surface area contributed by atoms with Crippen molar-refractivity contribution in [2.75, 3.05) is 45.1 Å². The molecule has 1 atom stereocenters. The monoisotopic (exact) mass is 718 g/mol. The Morgan fingerprint density at radius 3 is 2.26 bits per heavy atom. The second kappa shape index (κ2) is 17.1. The van der Waals surface area contributed by atoms with Crippen molar-refractivity contribution in [1.29, 1.82) is 0 Å². The Kier molecular flexibility index (Phi) is 12.6. The molecule has 3 amide bonds. The van der Waals surface area contributed by atoms with E-state index in [0.717, 1.165) is 61.0 Å². The summed E-state index contributed by atoms with van der Waals surface area (Å²) in [6, 6.07) is 21.9. The number of aromatic nitrogens is 3. The van der Waals surface area contributed by atoms with Gasteiger partial charge in [0, 0.05) is 55.3 Å². The van der Waals surface area contributed by atoms with Crippen molar-refractivity contribution in [3.05, 3.63) is 89.2 Å². The number of benzene rings is 3. The molecule has 1 aliphatic carbocycles. The normalized spacial score (nSPS) is 18.5. The summed E-state index contributed by atoms with van der Waals surface area (Å²) in [5.41, 5.74) is 10.6. The summed E-state index contributed by atoms with van der Waals surface area (Å²) < 4.78 is 0. The van der Waals surface area contributed by atoms with Crippen LogP contribution in [0, 0.1) is 11.8 Å². The summed E-state index contributed by atoms with van der Waals surface area (Å²) in [5.74, 6) is 0.339. The van der Waals surface area contributed by atoms with Crippen molar-refractivity contribution in [3.8, 4) is 22.5 Å². The van der Waals surface area contributed by atoms with E-state index in [1.54, 1.807) is 24.3 Å². The molecule has 0 unspecified atom stereocenters. The van der Waals surface area contributed by atoms with Gasteiger partial charge in [0.2, 0.25) is 17.1 Å². The molecule has 6 rings (SSSR count). The number of rotatable bonds is 10. The standard InChI is InChI=1S/C37H43ClN8O3.ClH/c1-45-16-18-46(19-17-45)36(49)30-7-3-6-29(22-30)28-5-2-4-25(20-28)21-32(41-34(47)27-10-8-24(23-39)9-11-27)35(48)40-31-14-12-26(13-15-31)33-42-37(38)44-43-33;/h2-7,12-15,20,22,24,27,32H,8-11,16-19,21,23,39H2,1H3,(H,40,48)(H,41,47)(H,42,43,44);1H/t24?,27?,32-;/m0./s1. The first-order valence-electron chi connectivity index (χ1n) is 16.9. The maximum Gasteiger partial charge on any atom is 0.253 e. The minimum atomic E-state index is -0.813. The Morgan fingerprint density at radius 1 is 0.920 bits per heavy atom. The molecule has 1 aromatic heterocycles. The molecule has 264 valence electrons. The van der Waals surface area contributed by atoms with Crippen LogP contribution < -0.4 is 16.4 Å². The van der Waals surface area contributed by atoms with Crippen molar-refractivity contribution in [2.24, 2.45) is 17.6 Å². The number of nitrogens with one attached hydrogen (secondary N) is 3.